The number of rotatable bonds is 2. The molecule has 186 valence electrons. The van der Waals surface area contributed by atoms with E-state index < -0.39 is 0 Å². The van der Waals surface area contributed by atoms with Crippen LogP contribution in [0.15, 0.2) is 115 Å². The van der Waals surface area contributed by atoms with Crippen LogP contribution in [0, 0.1) is 6.92 Å². The lowest BCUT2D eigenvalue weighted by Crippen LogP contribution is -2.14. The number of fused-ring (bicyclic) bond motifs is 7. The SMILES string of the molecule is Cc1ccc(-n2c3ccccc3c3cc4c(cc32)C(C)(C)c2ccccc2-4)cc1-c1nccc2ccccc12. The molecule has 2 aromatic heterocycles. The summed E-state index contributed by atoms with van der Waals surface area (Å²) >= 11 is 0. The fourth-order valence-corrected chi connectivity index (χ4v) is 6.78. The van der Waals surface area contributed by atoms with Gasteiger partial charge in [0.15, 0.2) is 0 Å². The van der Waals surface area contributed by atoms with Crippen LogP contribution in [0.3, 0.4) is 0 Å². The maximum Gasteiger partial charge on any atom is 0.0783 e. The Morgan fingerprint density at radius 1 is 0.590 bits per heavy atom. The summed E-state index contributed by atoms with van der Waals surface area (Å²) in [5.74, 6) is 0. The van der Waals surface area contributed by atoms with Gasteiger partial charge in [-0.2, -0.15) is 0 Å². The third-order valence-corrected chi connectivity index (χ3v) is 8.78. The van der Waals surface area contributed by atoms with Gasteiger partial charge in [-0.1, -0.05) is 86.6 Å². The second-order valence-electron chi connectivity index (χ2n) is 11.3. The Morgan fingerprint density at radius 2 is 1.36 bits per heavy atom. The number of para-hydroxylation sites is 1. The minimum absolute atomic E-state index is 0.0489. The second-order valence-corrected chi connectivity index (χ2v) is 11.3. The molecule has 39 heavy (non-hydrogen) atoms. The van der Waals surface area contributed by atoms with E-state index in [0.717, 1.165) is 11.4 Å². The standard InChI is InChI=1S/C37H28N2/c1-23-16-17-25(20-29(23)36-26-11-5-4-10-24(26)18-19-38-36)39-34-15-9-7-13-28(34)31-21-30-27-12-6-8-14-32(27)37(2,3)33(30)22-35(31)39/h4-22H,1-3H3. The molecule has 0 saturated heterocycles. The second kappa shape index (κ2) is 7.91. The molecule has 0 fully saturated rings. The fourth-order valence-electron chi connectivity index (χ4n) is 6.78. The molecule has 1 aliphatic rings. The smallest absolute Gasteiger partial charge is 0.0783 e. The monoisotopic (exact) mass is 500 g/mol. The van der Waals surface area contributed by atoms with Crippen LogP contribution in [-0.4, -0.2) is 9.55 Å². The number of nitrogens with zero attached hydrogens (tertiary/aromatic N) is 2. The molecule has 1 aliphatic carbocycles. The normalized spacial score (nSPS) is 13.7. The summed E-state index contributed by atoms with van der Waals surface area (Å²) in [7, 11) is 0. The van der Waals surface area contributed by atoms with Gasteiger partial charge in [-0.15, -0.1) is 0 Å². The van der Waals surface area contributed by atoms with Gasteiger partial charge in [0.1, 0.15) is 0 Å². The Morgan fingerprint density at radius 3 is 2.26 bits per heavy atom. The Bertz CT molecular complexity index is 2100. The molecule has 7 aromatic rings. The average Bonchev–Trinajstić information content (AvgIpc) is 3.41. The van der Waals surface area contributed by atoms with Gasteiger partial charge in [0, 0.05) is 39.0 Å². The molecule has 0 aliphatic heterocycles. The zero-order valence-corrected chi connectivity index (χ0v) is 22.4. The van der Waals surface area contributed by atoms with E-state index in [-0.39, 0.29) is 5.41 Å². The number of benzene rings is 5. The highest BCUT2D eigenvalue weighted by Crippen LogP contribution is 2.51. The van der Waals surface area contributed by atoms with Gasteiger partial charge >= 0.3 is 0 Å². The highest BCUT2D eigenvalue weighted by Gasteiger charge is 2.36. The minimum atomic E-state index is -0.0489. The number of aromatic nitrogens is 2. The van der Waals surface area contributed by atoms with E-state index in [1.807, 2.05) is 6.20 Å². The first kappa shape index (κ1) is 22.3. The quantitative estimate of drug-likeness (QED) is 0.231. The average molecular weight is 501 g/mol. The van der Waals surface area contributed by atoms with Crippen molar-refractivity contribution in [2.45, 2.75) is 26.2 Å². The van der Waals surface area contributed by atoms with Crippen molar-refractivity contribution in [1.82, 2.24) is 9.55 Å². The Kier molecular flexibility index (Phi) is 4.52. The van der Waals surface area contributed by atoms with Gasteiger partial charge < -0.3 is 4.57 Å². The van der Waals surface area contributed by atoms with Crippen molar-refractivity contribution in [3.63, 3.8) is 0 Å². The molecule has 0 bridgehead atoms. The summed E-state index contributed by atoms with van der Waals surface area (Å²) in [4.78, 5) is 4.87. The van der Waals surface area contributed by atoms with Gasteiger partial charge in [-0.25, -0.2) is 0 Å². The summed E-state index contributed by atoms with van der Waals surface area (Å²) in [6.07, 6.45) is 1.92. The van der Waals surface area contributed by atoms with Crippen molar-refractivity contribution in [3.8, 4) is 28.1 Å². The molecule has 0 amide bonds. The summed E-state index contributed by atoms with van der Waals surface area (Å²) in [6, 6.07) is 40.0. The molecular formula is C37H28N2. The molecule has 0 unspecified atom stereocenters. The van der Waals surface area contributed by atoms with Crippen LogP contribution >= 0.6 is 0 Å². The molecule has 0 N–H and O–H groups in total. The van der Waals surface area contributed by atoms with E-state index in [1.54, 1.807) is 0 Å². The lowest BCUT2D eigenvalue weighted by Gasteiger charge is -2.21. The molecule has 0 radical (unpaired) electrons. The lowest BCUT2D eigenvalue weighted by atomic mass is 9.82. The highest BCUT2D eigenvalue weighted by molar-refractivity contribution is 6.11. The van der Waals surface area contributed by atoms with E-state index in [1.165, 1.54) is 66.0 Å². The topological polar surface area (TPSA) is 17.8 Å². The van der Waals surface area contributed by atoms with Crippen LogP contribution in [-0.2, 0) is 5.41 Å². The number of hydrogen-bond acceptors (Lipinski definition) is 1. The van der Waals surface area contributed by atoms with Crippen LogP contribution in [0.4, 0.5) is 0 Å². The largest absolute Gasteiger partial charge is 0.309 e. The van der Waals surface area contributed by atoms with E-state index >= 15 is 0 Å². The number of aryl methyl sites for hydroxylation is 1. The summed E-state index contributed by atoms with van der Waals surface area (Å²) in [5.41, 5.74) is 12.5. The van der Waals surface area contributed by atoms with Crippen LogP contribution in [0.2, 0.25) is 0 Å². The predicted octanol–water partition coefficient (Wildman–Crippen LogP) is 9.61. The first-order valence-electron chi connectivity index (χ1n) is 13.6. The molecule has 0 saturated carbocycles. The summed E-state index contributed by atoms with van der Waals surface area (Å²) < 4.78 is 2.44. The van der Waals surface area contributed by atoms with E-state index in [0.29, 0.717) is 0 Å². The predicted molar refractivity (Wildman–Crippen MR) is 164 cm³/mol. The first-order chi connectivity index (χ1) is 19.0. The van der Waals surface area contributed by atoms with Gasteiger partial charge in [-0.3, -0.25) is 4.98 Å². The van der Waals surface area contributed by atoms with E-state index in [2.05, 4.69) is 135 Å². The fraction of sp³-hybridized carbons (Fsp3) is 0.108. The van der Waals surface area contributed by atoms with Crippen LogP contribution in [0.25, 0.3) is 60.6 Å². The molecule has 2 heterocycles. The van der Waals surface area contributed by atoms with Crippen LogP contribution < -0.4 is 0 Å². The Balaban J connectivity index is 1.43. The van der Waals surface area contributed by atoms with Gasteiger partial charge in [-0.05, 0) is 76.5 Å². The minimum Gasteiger partial charge on any atom is -0.309 e. The number of pyridine rings is 1. The Hall–Kier alpha value is -4.69. The van der Waals surface area contributed by atoms with E-state index in [4.69, 9.17) is 4.98 Å². The lowest BCUT2D eigenvalue weighted by molar-refractivity contribution is 0.661. The Labute approximate surface area is 228 Å². The van der Waals surface area contributed by atoms with Crippen molar-refractivity contribution in [1.29, 1.82) is 0 Å². The van der Waals surface area contributed by atoms with E-state index in [9.17, 15) is 0 Å². The van der Waals surface area contributed by atoms with Gasteiger partial charge in [0.05, 0.1) is 16.7 Å². The van der Waals surface area contributed by atoms with Crippen LogP contribution in [0.5, 0.6) is 0 Å². The zero-order valence-electron chi connectivity index (χ0n) is 22.4. The summed E-state index contributed by atoms with van der Waals surface area (Å²) in [5, 5.41) is 4.96. The molecule has 2 heteroatoms. The summed E-state index contributed by atoms with van der Waals surface area (Å²) in [6.45, 7) is 6.89. The third kappa shape index (κ3) is 3.06. The molecule has 5 aromatic carbocycles. The van der Waals surface area contributed by atoms with Crippen molar-refractivity contribution in [2.75, 3.05) is 0 Å². The van der Waals surface area contributed by atoms with Gasteiger partial charge in [0.25, 0.3) is 0 Å². The van der Waals surface area contributed by atoms with Crippen molar-refractivity contribution in [3.05, 3.63) is 132 Å². The molecular weight excluding hydrogens is 472 g/mol. The maximum absolute atomic E-state index is 4.87. The van der Waals surface area contributed by atoms with Crippen LogP contribution in [0.1, 0.15) is 30.5 Å². The third-order valence-electron chi connectivity index (χ3n) is 8.78. The molecule has 2 nitrogen and oxygen atoms in total. The van der Waals surface area contributed by atoms with Crippen molar-refractivity contribution < 1.29 is 0 Å². The molecule has 8 rings (SSSR count). The zero-order chi connectivity index (χ0) is 26.3. The first-order valence-corrected chi connectivity index (χ1v) is 13.6. The maximum atomic E-state index is 4.87. The molecule has 0 spiro atoms. The van der Waals surface area contributed by atoms with Crippen molar-refractivity contribution in [2.24, 2.45) is 0 Å². The van der Waals surface area contributed by atoms with Gasteiger partial charge in [0.2, 0.25) is 0 Å². The molecule has 0 atom stereocenters. The highest BCUT2D eigenvalue weighted by atomic mass is 15.0. The van der Waals surface area contributed by atoms with Crippen molar-refractivity contribution >= 4 is 32.6 Å². The number of hydrogen-bond donors (Lipinski definition) is 0.